The van der Waals surface area contributed by atoms with Crippen LogP contribution in [0.5, 0.6) is 0 Å². The summed E-state index contributed by atoms with van der Waals surface area (Å²) in [6.07, 6.45) is 0.915. The number of carboxylic acids is 1. The van der Waals surface area contributed by atoms with Gasteiger partial charge in [-0.15, -0.1) is 0 Å². The number of halogens is 1. The SMILES string of the molecule is O=C(O)CCCNCc1cccc(I)c1. The lowest BCUT2D eigenvalue weighted by atomic mass is 10.2. The van der Waals surface area contributed by atoms with Crippen molar-refractivity contribution >= 4 is 28.6 Å². The molecule has 0 aliphatic carbocycles. The summed E-state index contributed by atoms with van der Waals surface area (Å²) < 4.78 is 1.22. The van der Waals surface area contributed by atoms with Gasteiger partial charge in [-0.3, -0.25) is 4.79 Å². The van der Waals surface area contributed by atoms with Crippen molar-refractivity contribution in [1.29, 1.82) is 0 Å². The molecule has 0 bridgehead atoms. The Balaban J connectivity index is 2.17. The molecule has 82 valence electrons. The molecule has 0 saturated heterocycles. The number of aliphatic carboxylic acids is 1. The lowest BCUT2D eigenvalue weighted by Gasteiger charge is -2.04. The van der Waals surface area contributed by atoms with Crippen LogP contribution in [0.2, 0.25) is 0 Å². The summed E-state index contributed by atoms with van der Waals surface area (Å²) in [7, 11) is 0. The highest BCUT2D eigenvalue weighted by Crippen LogP contribution is 2.07. The van der Waals surface area contributed by atoms with Crippen molar-refractivity contribution in [3.05, 3.63) is 33.4 Å². The Morgan fingerprint density at radius 2 is 2.27 bits per heavy atom. The number of carboxylic acid groups (broad SMARTS) is 1. The van der Waals surface area contributed by atoms with E-state index in [-0.39, 0.29) is 6.42 Å². The molecule has 1 rings (SSSR count). The van der Waals surface area contributed by atoms with Gasteiger partial charge < -0.3 is 10.4 Å². The second kappa shape index (κ2) is 6.79. The summed E-state index contributed by atoms with van der Waals surface area (Å²) in [6.45, 7) is 1.55. The van der Waals surface area contributed by atoms with Crippen LogP contribution < -0.4 is 5.32 Å². The highest BCUT2D eigenvalue weighted by Gasteiger charge is 1.96. The van der Waals surface area contributed by atoms with Gasteiger partial charge in [0.1, 0.15) is 0 Å². The van der Waals surface area contributed by atoms with E-state index in [9.17, 15) is 4.79 Å². The summed E-state index contributed by atoms with van der Waals surface area (Å²) in [5, 5.41) is 11.7. The van der Waals surface area contributed by atoms with E-state index in [1.807, 2.05) is 6.07 Å². The molecule has 0 atom stereocenters. The zero-order chi connectivity index (χ0) is 11.1. The molecule has 1 aromatic carbocycles. The predicted molar refractivity (Wildman–Crippen MR) is 67.7 cm³/mol. The molecule has 0 amide bonds. The maximum absolute atomic E-state index is 10.2. The van der Waals surface area contributed by atoms with E-state index in [4.69, 9.17) is 5.11 Å². The van der Waals surface area contributed by atoms with Gasteiger partial charge in [-0.1, -0.05) is 12.1 Å². The molecule has 0 fully saturated rings. The minimum atomic E-state index is -0.731. The lowest BCUT2D eigenvalue weighted by molar-refractivity contribution is -0.137. The van der Waals surface area contributed by atoms with Crippen molar-refractivity contribution in [1.82, 2.24) is 5.32 Å². The highest BCUT2D eigenvalue weighted by molar-refractivity contribution is 14.1. The first-order valence-corrected chi connectivity index (χ1v) is 5.93. The van der Waals surface area contributed by atoms with Crippen LogP contribution in [0.1, 0.15) is 18.4 Å². The molecule has 4 heteroatoms. The standard InChI is InChI=1S/C11H14INO2/c12-10-4-1-3-9(7-10)8-13-6-2-5-11(14)15/h1,3-4,7,13H,2,5-6,8H2,(H,14,15). The molecule has 15 heavy (non-hydrogen) atoms. The molecule has 0 aromatic heterocycles. The van der Waals surface area contributed by atoms with Crippen molar-refractivity contribution < 1.29 is 9.90 Å². The number of benzene rings is 1. The van der Waals surface area contributed by atoms with Crippen molar-refractivity contribution in [2.45, 2.75) is 19.4 Å². The first-order valence-electron chi connectivity index (χ1n) is 4.85. The molecule has 0 aliphatic rings. The Labute approximate surface area is 103 Å². The van der Waals surface area contributed by atoms with Gasteiger partial charge in [-0.05, 0) is 53.3 Å². The number of hydrogen-bond donors (Lipinski definition) is 2. The average Bonchev–Trinajstić information content (AvgIpc) is 2.17. The van der Waals surface area contributed by atoms with Crippen LogP contribution in [0.25, 0.3) is 0 Å². The minimum Gasteiger partial charge on any atom is -0.481 e. The van der Waals surface area contributed by atoms with Crippen LogP contribution in [0.15, 0.2) is 24.3 Å². The molecule has 0 aliphatic heterocycles. The quantitative estimate of drug-likeness (QED) is 0.625. The van der Waals surface area contributed by atoms with Gasteiger partial charge in [0, 0.05) is 16.5 Å². The molecule has 0 radical (unpaired) electrons. The first kappa shape index (κ1) is 12.4. The third-order valence-electron chi connectivity index (χ3n) is 1.96. The van der Waals surface area contributed by atoms with Gasteiger partial charge >= 0.3 is 5.97 Å². The number of carbonyl (C=O) groups is 1. The summed E-state index contributed by atoms with van der Waals surface area (Å²) in [6, 6.07) is 8.25. The van der Waals surface area contributed by atoms with E-state index in [2.05, 4.69) is 46.1 Å². The predicted octanol–water partition coefficient (Wildman–Crippen LogP) is 2.25. The maximum atomic E-state index is 10.2. The second-order valence-corrected chi connectivity index (χ2v) is 4.55. The number of rotatable bonds is 6. The zero-order valence-electron chi connectivity index (χ0n) is 8.37. The third kappa shape index (κ3) is 5.74. The van der Waals surface area contributed by atoms with E-state index in [1.54, 1.807) is 0 Å². The Hall–Kier alpha value is -0.620. The van der Waals surface area contributed by atoms with E-state index < -0.39 is 5.97 Å². The average molecular weight is 319 g/mol. The van der Waals surface area contributed by atoms with E-state index in [1.165, 1.54) is 9.13 Å². The van der Waals surface area contributed by atoms with E-state index in [0.29, 0.717) is 6.42 Å². The normalized spacial score (nSPS) is 10.2. The monoisotopic (exact) mass is 319 g/mol. The van der Waals surface area contributed by atoms with Gasteiger partial charge in [-0.25, -0.2) is 0 Å². The van der Waals surface area contributed by atoms with Gasteiger partial charge in [0.25, 0.3) is 0 Å². The third-order valence-corrected chi connectivity index (χ3v) is 2.63. The van der Waals surface area contributed by atoms with Crippen LogP contribution in [-0.2, 0) is 11.3 Å². The summed E-state index contributed by atoms with van der Waals surface area (Å²) in [4.78, 5) is 10.2. The summed E-state index contributed by atoms with van der Waals surface area (Å²) in [5.41, 5.74) is 1.23. The first-order chi connectivity index (χ1) is 7.18. The highest BCUT2D eigenvalue weighted by atomic mass is 127. The molecular formula is C11H14INO2. The Bertz CT molecular complexity index is 328. The fraction of sp³-hybridized carbons (Fsp3) is 0.364. The van der Waals surface area contributed by atoms with Crippen LogP contribution in [0.4, 0.5) is 0 Å². The molecule has 1 aromatic rings. The maximum Gasteiger partial charge on any atom is 0.303 e. The Kier molecular flexibility index (Phi) is 5.63. The molecule has 0 saturated carbocycles. The molecule has 3 nitrogen and oxygen atoms in total. The fourth-order valence-electron chi connectivity index (χ4n) is 1.24. The molecule has 0 unspecified atom stereocenters. The smallest absolute Gasteiger partial charge is 0.303 e. The van der Waals surface area contributed by atoms with Gasteiger partial charge in [0.05, 0.1) is 0 Å². The molecular weight excluding hydrogens is 305 g/mol. The zero-order valence-corrected chi connectivity index (χ0v) is 10.5. The lowest BCUT2D eigenvalue weighted by Crippen LogP contribution is -2.15. The summed E-state index contributed by atoms with van der Waals surface area (Å²) >= 11 is 2.28. The Morgan fingerprint density at radius 1 is 1.47 bits per heavy atom. The molecule has 0 heterocycles. The van der Waals surface area contributed by atoms with Gasteiger partial charge in [0.15, 0.2) is 0 Å². The van der Waals surface area contributed by atoms with Crippen LogP contribution >= 0.6 is 22.6 Å². The van der Waals surface area contributed by atoms with Crippen molar-refractivity contribution in [3.8, 4) is 0 Å². The molecule has 2 N–H and O–H groups in total. The van der Waals surface area contributed by atoms with Crippen LogP contribution in [0, 0.1) is 3.57 Å². The largest absolute Gasteiger partial charge is 0.481 e. The van der Waals surface area contributed by atoms with Crippen molar-refractivity contribution in [2.75, 3.05) is 6.54 Å². The van der Waals surface area contributed by atoms with E-state index in [0.717, 1.165) is 13.1 Å². The van der Waals surface area contributed by atoms with Crippen molar-refractivity contribution in [3.63, 3.8) is 0 Å². The number of nitrogens with one attached hydrogen (secondary N) is 1. The van der Waals surface area contributed by atoms with E-state index >= 15 is 0 Å². The fourth-order valence-corrected chi connectivity index (χ4v) is 1.85. The van der Waals surface area contributed by atoms with Crippen molar-refractivity contribution in [2.24, 2.45) is 0 Å². The van der Waals surface area contributed by atoms with Crippen LogP contribution in [0.3, 0.4) is 0 Å². The number of hydrogen-bond acceptors (Lipinski definition) is 2. The molecule has 0 spiro atoms. The van der Waals surface area contributed by atoms with Gasteiger partial charge in [-0.2, -0.15) is 0 Å². The second-order valence-electron chi connectivity index (χ2n) is 3.30. The Morgan fingerprint density at radius 3 is 2.93 bits per heavy atom. The summed E-state index contributed by atoms with van der Waals surface area (Å²) in [5.74, 6) is -0.731. The van der Waals surface area contributed by atoms with Gasteiger partial charge in [0.2, 0.25) is 0 Å². The van der Waals surface area contributed by atoms with Crippen LogP contribution in [-0.4, -0.2) is 17.6 Å². The topological polar surface area (TPSA) is 49.3 Å². The minimum absolute atomic E-state index is 0.235.